The fourth-order valence-electron chi connectivity index (χ4n) is 1.86. The lowest BCUT2D eigenvalue weighted by Gasteiger charge is -2.18. The van der Waals surface area contributed by atoms with E-state index in [1.54, 1.807) is 0 Å². The lowest BCUT2D eigenvalue weighted by atomic mass is 10.2. The Balaban J connectivity index is 2.12. The van der Waals surface area contributed by atoms with Crippen molar-refractivity contribution in [2.45, 2.75) is 6.92 Å². The first-order valence-electron chi connectivity index (χ1n) is 5.41. The third-order valence-electron chi connectivity index (χ3n) is 2.80. The Morgan fingerprint density at radius 2 is 1.94 bits per heavy atom. The highest BCUT2D eigenvalue weighted by Crippen LogP contribution is 2.20. The van der Waals surface area contributed by atoms with Crippen molar-refractivity contribution >= 4 is 27.6 Å². The summed E-state index contributed by atoms with van der Waals surface area (Å²) in [6.07, 6.45) is 0. The molecule has 1 aliphatic rings. The molecule has 1 aromatic carbocycles. The van der Waals surface area contributed by atoms with Crippen molar-refractivity contribution in [1.29, 1.82) is 0 Å². The van der Waals surface area contributed by atoms with Crippen molar-refractivity contribution in [2.75, 3.05) is 29.9 Å². The molecule has 0 radical (unpaired) electrons. The number of urea groups is 1. The Kier molecular flexibility index (Phi) is 3.49. The molecule has 0 atom stereocenters. The number of carbonyl (C=O) groups excluding carboxylic acids is 1. The van der Waals surface area contributed by atoms with Gasteiger partial charge in [-0.15, -0.1) is 0 Å². The molecule has 1 fully saturated rings. The Morgan fingerprint density at radius 3 is 2.56 bits per heavy atom. The molecule has 0 saturated carbocycles. The van der Waals surface area contributed by atoms with Gasteiger partial charge in [-0.05, 0) is 19.1 Å². The van der Waals surface area contributed by atoms with Crippen LogP contribution in [0.5, 0.6) is 0 Å². The molecule has 4 heteroatoms. The van der Waals surface area contributed by atoms with Crippen molar-refractivity contribution in [3.05, 3.63) is 29.8 Å². The summed E-state index contributed by atoms with van der Waals surface area (Å²) in [6.45, 7) is 4.43. The van der Waals surface area contributed by atoms with Crippen LogP contribution in [0.4, 0.5) is 10.5 Å². The summed E-state index contributed by atoms with van der Waals surface area (Å²) in [4.78, 5) is 15.7. The summed E-state index contributed by atoms with van der Waals surface area (Å²) >= 11 is 3.36. The lowest BCUT2D eigenvalue weighted by molar-refractivity contribution is 0.223. The minimum atomic E-state index is 0.114. The maximum Gasteiger partial charge on any atom is 0.324 e. The molecule has 0 aromatic heterocycles. The lowest BCUT2D eigenvalue weighted by Crippen LogP contribution is -2.32. The number of hydrogen-bond donors (Lipinski definition) is 0. The number of hydrogen-bond acceptors (Lipinski definition) is 1. The van der Waals surface area contributed by atoms with E-state index in [9.17, 15) is 4.79 Å². The zero-order valence-corrected chi connectivity index (χ0v) is 10.9. The number of anilines is 1. The third kappa shape index (κ3) is 2.21. The minimum absolute atomic E-state index is 0.114. The van der Waals surface area contributed by atoms with Crippen LogP contribution in [0.2, 0.25) is 0 Å². The van der Waals surface area contributed by atoms with Crippen LogP contribution in [0.25, 0.3) is 0 Å². The van der Waals surface area contributed by atoms with E-state index in [0.717, 1.165) is 30.7 Å². The number of amides is 2. The molecule has 0 N–H and O–H groups in total. The molecule has 2 amide bonds. The smallest absolute Gasteiger partial charge is 0.322 e. The first kappa shape index (κ1) is 11.5. The Bertz CT molecular complexity index is 377. The van der Waals surface area contributed by atoms with E-state index in [-0.39, 0.29) is 6.03 Å². The predicted octanol–water partition coefficient (Wildman–Crippen LogP) is 2.63. The van der Waals surface area contributed by atoms with Crippen molar-refractivity contribution in [3.8, 4) is 0 Å². The molecule has 16 heavy (non-hydrogen) atoms. The van der Waals surface area contributed by atoms with Crippen LogP contribution >= 0.6 is 15.9 Å². The van der Waals surface area contributed by atoms with Crippen molar-refractivity contribution < 1.29 is 4.79 Å². The summed E-state index contributed by atoms with van der Waals surface area (Å²) in [5.41, 5.74) is 2.21. The van der Waals surface area contributed by atoms with Crippen LogP contribution in [0.15, 0.2) is 24.3 Å². The topological polar surface area (TPSA) is 23.6 Å². The van der Waals surface area contributed by atoms with Crippen LogP contribution in [0.1, 0.15) is 5.56 Å². The molecular formula is C12H15BrN2O. The molecule has 1 aromatic rings. The summed E-state index contributed by atoms with van der Waals surface area (Å²) < 4.78 is 0. The van der Waals surface area contributed by atoms with E-state index >= 15 is 0 Å². The molecule has 0 spiro atoms. The van der Waals surface area contributed by atoms with Gasteiger partial charge in [-0.25, -0.2) is 4.79 Å². The first-order valence-corrected chi connectivity index (χ1v) is 6.53. The molecule has 0 unspecified atom stereocenters. The molecule has 1 saturated heterocycles. The van der Waals surface area contributed by atoms with Crippen LogP contribution < -0.4 is 4.90 Å². The zero-order valence-electron chi connectivity index (χ0n) is 9.32. The minimum Gasteiger partial charge on any atom is -0.322 e. The highest BCUT2D eigenvalue weighted by atomic mass is 79.9. The van der Waals surface area contributed by atoms with Crippen LogP contribution in [-0.4, -0.2) is 35.9 Å². The molecule has 2 rings (SSSR count). The molecule has 3 nitrogen and oxygen atoms in total. The highest BCUT2D eigenvalue weighted by Gasteiger charge is 2.28. The van der Waals surface area contributed by atoms with Crippen molar-refractivity contribution in [1.82, 2.24) is 4.90 Å². The standard InChI is InChI=1S/C12H15BrN2O/c1-10-2-4-11(5-3-10)15-9-8-14(7-6-13)12(15)16/h2-5H,6-9H2,1H3. The number of carbonyl (C=O) groups is 1. The van der Waals surface area contributed by atoms with Crippen LogP contribution in [0.3, 0.4) is 0 Å². The van der Waals surface area contributed by atoms with Gasteiger partial charge in [0.2, 0.25) is 0 Å². The first-order chi connectivity index (χ1) is 7.72. The predicted molar refractivity (Wildman–Crippen MR) is 69.3 cm³/mol. The van der Waals surface area contributed by atoms with Crippen LogP contribution in [0, 0.1) is 6.92 Å². The number of nitrogens with zero attached hydrogens (tertiary/aromatic N) is 2. The maximum atomic E-state index is 12.0. The van der Waals surface area contributed by atoms with E-state index in [2.05, 4.69) is 15.9 Å². The number of aryl methyl sites for hydroxylation is 1. The number of alkyl halides is 1. The Labute approximate surface area is 104 Å². The number of rotatable bonds is 3. The largest absolute Gasteiger partial charge is 0.324 e. The Hall–Kier alpha value is -1.03. The fraction of sp³-hybridized carbons (Fsp3) is 0.417. The Morgan fingerprint density at radius 1 is 1.25 bits per heavy atom. The maximum absolute atomic E-state index is 12.0. The normalized spacial score (nSPS) is 16.0. The van der Waals surface area contributed by atoms with Gasteiger partial charge in [0.05, 0.1) is 0 Å². The SMILES string of the molecule is Cc1ccc(N2CCN(CCBr)C2=O)cc1. The molecule has 0 aliphatic carbocycles. The quantitative estimate of drug-likeness (QED) is 0.782. The van der Waals surface area contributed by atoms with Gasteiger partial charge < -0.3 is 4.90 Å². The van der Waals surface area contributed by atoms with Gasteiger partial charge in [0.15, 0.2) is 0 Å². The van der Waals surface area contributed by atoms with Gasteiger partial charge >= 0.3 is 6.03 Å². The zero-order chi connectivity index (χ0) is 11.5. The second-order valence-electron chi connectivity index (χ2n) is 3.95. The van der Waals surface area contributed by atoms with Gasteiger partial charge in [0.1, 0.15) is 0 Å². The van der Waals surface area contributed by atoms with E-state index < -0.39 is 0 Å². The van der Waals surface area contributed by atoms with E-state index in [1.165, 1.54) is 5.56 Å². The second-order valence-corrected chi connectivity index (χ2v) is 4.74. The van der Waals surface area contributed by atoms with Gasteiger partial charge in [-0.2, -0.15) is 0 Å². The average Bonchev–Trinajstić information content (AvgIpc) is 2.63. The van der Waals surface area contributed by atoms with Gasteiger partial charge in [0, 0.05) is 30.7 Å². The molecule has 1 aliphatic heterocycles. The fourth-order valence-corrected chi connectivity index (χ4v) is 2.28. The molecule has 0 bridgehead atoms. The van der Waals surface area contributed by atoms with E-state index in [1.807, 2.05) is 41.0 Å². The summed E-state index contributed by atoms with van der Waals surface area (Å²) in [5.74, 6) is 0. The third-order valence-corrected chi connectivity index (χ3v) is 3.15. The molecule has 86 valence electrons. The van der Waals surface area contributed by atoms with Crippen molar-refractivity contribution in [2.24, 2.45) is 0 Å². The number of halogens is 1. The van der Waals surface area contributed by atoms with Gasteiger partial charge in [-0.1, -0.05) is 33.6 Å². The van der Waals surface area contributed by atoms with Gasteiger partial charge in [-0.3, -0.25) is 4.90 Å². The summed E-state index contributed by atoms with van der Waals surface area (Å²) in [6, 6.07) is 8.20. The molecule has 1 heterocycles. The van der Waals surface area contributed by atoms with Crippen molar-refractivity contribution in [3.63, 3.8) is 0 Å². The van der Waals surface area contributed by atoms with Crippen LogP contribution in [-0.2, 0) is 0 Å². The average molecular weight is 283 g/mol. The number of benzene rings is 1. The summed E-state index contributed by atoms with van der Waals surface area (Å²) in [5, 5.41) is 0.834. The monoisotopic (exact) mass is 282 g/mol. The summed E-state index contributed by atoms with van der Waals surface area (Å²) in [7, 11) is 0. The highest BCUT2D eigenvalue weighted by molar-refractivity contribution is 9.09. The second kappa shape index (κ2) is 4.87. The van der Waals surface area contributed by atoms with E-state index in [4.69, 9.17) is 0 Å². The van der Waals surface area contributed by atoms with E-state index in [0.29, 0.717) is 0 Å². The van der Waals surface area contributed by atoms with Gasteiger partial charge in [0.25, 0.3) is 0 Å². The molecular weight excluding hydrogens is 268 g/mol.